The fourth-order valence-electron chi connectivity index (χ4n) is 3.94. The highest BCUT2D eigenvalue weighted by molar-refractivity contribution is 7.13. The summed E-state index contributed by atoms with van der Waals surface area (Å²) in [5, 5.41) is 0. The molecule has 0 spiro atoms. The zero-order chi connectivity index (χ0) is 22.1. The van der Waals surface area contributed by atoms with Gasteiger partial charge < -0.3 is 9.64 Å². The fourth-order valence-corrected chi connectivity index (χ4v) is 4.82. The number of ether oxygens (including phenoxy) is 1. The predicted octanol–water partition coefficient (Wildman–Crippen LogP) is 6.34. The molecule has 0 unspecified atom stereocenters. The lowest BCUT2D eigenvalue weighted by Gasteiger charge is -2.23. The van der Waals surface area contributed by atoms with Gasteiger partial charge in [0.05, 0.1) is 12.6 Å². The maximum Gasteiger partial charge on any atom is 0.348 e. The largest absolute Gasteiger partial charge is 0.462 e. The Morgan fingerprint density at radius 3 is 2.68 bits per heavy atom. The van der Waals surface area contributed by atoms with Gasteiger partial charge in [0.1, 0.15) is 4.88 Å². The molecule has 5 heteroatoms. The van der Waals surface area contributed by atoms with Gasteiger partial charge in [-0.25, -0.2) is 4.79 Å². The van der Waals surface area contributed by atoms with Crippen molar-refractivity contribution in [3.05, 3.63) is 63.9 Å². The molecule has 4 nitrogen and oxygen atoms in total. The molecule has 0 radical (unpaired) electrons. The number of aryl methyl sites for hydroxylation is 1. The predicted molar refractivity (Wildman–Crippen MR) is 128 cm³/mol. The van der Waals surface area contributed by atoms with Gasteiger partial charge in [0, 0.05) is 17.0 Å². The lowest BCUT2D eigenvalue weighted by atomic mass is 10.1. The van der Waals surface area contributed by atoms with Crippen molar-refractivity contribution in [1.29, 1.82) is 0 Å². The van der Waals surface area contributed by atoms with Crippen molar-refractivity contribution < 1.29 is 14.3 Å². The Kier molecular flexibility index (Phi) is 8.89. The van der Waals surface area contributed by atoms with E-state index in [4.69, 9.17) is 4.74 Å². The van der Waals surface area contributed by atoms with Crippen LogP contribution in [0.4, 0.5) is 5.69 Å². The second-order valence-electron chi connectivity index (χ2n) is 7.97. The number of nitrogens with zero attached hydrogens (tertiary/aromatic N) is 1. The summed E-state index contributed by atoms with van der Waals surface area (Å²) in [6, 6.07) is 12.4. The minimum absolute atomic E-state index is 0.0902. The summed E-state index contributed by atoms with van der Waals surface area (Å²) in [6.07, 6.45) is 12.6. The van der Waals surface area contributed by atoms with Crippen LogP contribution in [-0.2, 0) is 22.4 Å². The van der Waals surface area contributed by atoms with Crippen LogP contribution in [0.15, 0.2) is 48.6 Å². The van der Waals surface area contributed by atoms with E-state index in [1.54, 1.807) is 0 Å². The maximum atomic E-state index is 12.5. The lowest BCUT2D eigenvalue weighted by molar-refractivity contribution is -0.117. The Labute approximate surface area is 189 Å². The molecule has 0 aliphatic carbocycles. The number of hydrogen-bond donors (Lipinski definition) is 0. The van der Waals surface area contributed by atoms with Crippen molar-refractivity contribution in [3.63, 3.8) is 0 Å². The van der Waals surface area contributed by atoms with E-state index in [2.05, 4.69) is 43.3 Å². The number of benzene rings is 1. The molecule has 2 heterocycles. The van der Waals surface area contributed by atoms with E-state index in [1.807, 2.05) is 24.0 Å². The van der Waals surface area contributed by atoms with Gasteiger partial charge in [0.15, 0.2) is 0 Å². The van der Waals surface area contributed by atoms with Gasteiger partial charge in [-0.2, -0.15) is 0 Å². The number of anilines is 1. The minimum atomic E-state index is -0.260. The molecule has 1 aromatic heterocycles. The average Bonchev–Trinajstić information content (AvgIpc) is 3.39. The van der Waals surface area contributed by atoms with Crippen LogP contribution in [-0.4, -0.2) is 24.5 Å². The molecule has 1 aliphatic rings. The summed E-state index contributed by atoms with van der Waals surface area (Å²) in [6.45, 7) is 4.43. The smallest absolute Gasteiger partial charge is 0.348 e. The number of esters is 1. The first-order chi connectivity index (χ1) is 15.1. The highest BCUT2D eigenvalue weighted by atomic mass is 32.1. The monoisotopic (exact) mass is 439 g/mol. The van der Waals surface area contributed by atoms with Crippen molar-refractivity contribution in [2.75, 3.05) is 11.5 Å². The van der Waals surface area contributed by atoms with Gasteiger partial charge in [0.25, 0.3) is 0 Å². The number of allylic oxidation sites excluding steroid dienone is 1. The molecule has 0 saturated carbocycles. The number of rotatable bonds is 11. The zero-order valence-corrected chi connectivity index (χ0v) is 19.5. The average molecular weight is 440 g/mol. The Morgan fingerprint density at radius 1 is 1.13 bits per heavy atom. The summed E-state index contributed by atoms with van der Waals surface area (Å²) in [5.74, 6) is -0.0739. The van der Waals surface area contributed by atoms with Crippen LogP contribution in [0.3, 0.4) is 0 Å². The standard InChI is InChI=1S/C26H33NO3S/c1-3-5-6-7-9-20-12-14-22(15-13-20)27-21(16-19-25(27)28)10-8-11-23-17-18-24(31-23)26(29)30-4-2/h8,10,12-15,17-18,21H,3-7,9,11,16,19H2,1-2H3/b10-8-/t21-/m0/s1. The van der Waals surface area contributed by atoms with Crippen LogP contribution < -0.4 is 4.90 Å². The van der Waals surface area contributed by atoms with Gasteiger partial charge in [0.2, 0.25) is 5.91 Å². The minimum Gasteiger partial charge on any atom is -0.462 e. The van der Waals surface area contributed by atoms with Crippen molar-refractivity contribution in [2.24, 2.45) is 0 Å². The molecular weight excluding hydrogens is 406 g/mol. The van der Waals surface area contributed by atoms with E-state index in [9.17, 15) is 9.59 Å². The van der Waals surface area contributed by atoms with Crippen LogP contribution in [0.1, 0.15) is 72.5 Å². The molecule has 1 saturated heterocycles. The Morgan fingerprint density at radius 2 is 1.94 bits per heavy atom. The Hall–Kier alpha value is -2.40. The number of carbonyl (C=O) groups excluding carboxylic acids is 2. The summed E-state index contributed by atoms with van der Waals surface area (Å²) in [4.78, 5) is 28.0. The molecule has 1 aromatic carbocycles. The van der Waals surface area contributed by atoms with E-state index in [1.165, 1.54) is 42.6 Å². The topological polar surface area (TPSA) is 46.6 Å². The van der Waals surface area contributed by atoms with Gasteiger partial charge in [-0.15, -0.1) is 11.3 Å². The molecular formula is C26H33NO3S. The van der Waals surface area contributed by atoms with Crippen molar-refractivity contribution in [2.45, 2.75) is 71.3 Å². The molecule has 0 N–H and O–H groups in total. The van der Waals surface area contributed by atoms with Gasteiger partial charge in [-0.1, -0.05) is 50.5 Å². The normalized spacial score (nSPS) is 16.4. The van der Waals surface area contributed by atoms with E-state index in [-0.39, 0.29) is 17.9 Å². The zero-order valence-electron chi connectivity index (χ0n) is 18.6. The Balaban J connectivity index is 1.58. The maximum absolute atomic E-state index is 12.5. The molecule has 3 rings (SSSR count). The van der Waals surface area contributed by atoms with Crippen LogP contribution in [0, 0.1) is 0 Å². The fraction of sp³-hybridized carbons (Fsp3) is 0.462. The third kappa shape index (κ3) is 6.54. The Bertz CT molecular complexity index is 884. The molecule has 1 amide bonds. The molecule has 1 aliphatic heterocycles. The SMILES string of the molecule is CCCCCCc1ccc(N2C(=O)CC[C@@H]2/C=C\Cc2ccc(C(=O)OCC)s2)cc1. The van der Waals surface area contributed by atoms with Crippen LogP contribution >= 0.6 is 11.3 Å². The third-order valence-electron chi connectivity index (χ3n) is 5.60. The van der Waals surface area contributed by atoms with Gasteiger partial charge >= 0.3 is 5.97 Å². The van der Waals surface area contributed by atoms with Crippen LogP contribution in [0.5, 0.6) is 0 Å². The second-order valence-corrected chi connectivity index (χ2v) is 9.13. The highest BCUT2D eigenvalue weighted by Gasteiger charge is 2.30. The highest BCUT2D eigenvalue weighted by Crippen LogP contribution is 2.28. The summed E-state index contributed by atoms with van der Waals surface area (Å²) >= 11 is 1.47. The number of amides is 1. The molecule has 166 valence electrons. The first-order valence-corrected chi connectivity index (χ1v) is 12.3. The number of hydrogen-bond acceptors (Lipinski definition) is 4. The summed E-state index contributed by atoms with van der Waals surface area (Å²) in [5.41, 5.74) is 2.32. The first kappa shape index (κ1) is 23.3. The number of unbranched alkanes of at least 4 members (excludes halogenated alkanes) is 3. The van der Waals surface area contributed by atoms with E-state index in [0.29, 0.717) is 17.9 Å². The lowest BCUT2D eigenvalue weighted by Crippen LogP contribution is -2.31. The second kappa shape index (κ2) is 11.8. The third-order valence-corrected chi connectivity index (χ3v) is 6.69. The van der Waals surface area contributed by atoms with Gasteiger partial charge in [-0.05, 0) is 62.4 Å². The van der Waals surface area contributed by atoms with Crippen LogP contribution in [0.2, 0.25) is 0 Å². The van der Waals surface area contributed by atoms with Crippen molar-refractivity contribution in [3.8, 4) is 0 Å². The molecule has 31 heavy (non-hydrogen) atoms. The molecule has 0 bridgehead atoms. The quantitative estimate of drug-likeness (QED) is 0.233. The molecule has 1 fully saturated rings. The number of carbonyl (C=O) groups is 2. The summed E-state index contributed by atoms with van der Waals surface area (Å²) in [7, 11) is 0. The van der Waals surface area contributed by atoms with E-state index < -0.39 is 0 Å². The molecule has 1 atom stereocenters. The number of thiophene rings is 1. The van der Waals surface area contributed by atoms with Crippen molar-refractivity contribution >= 4 is 28.9 Å². The summed E-state index contributed by atoms with van der Waals surface area (Å²) < 4.78 is 5.05. The van der Waals surface area contributed by atoms with Crippen molar-refractivity contribution in [1.82, 2.24) is 0 Å². The van der Waals surface area contributed by atoms with Crippen LogP contribution in [0.25, 0.3) is 0 Å². The van der Waals surface area contributed by atoms with E-state index >= 15 is 0 Å². The van der Waals surface area contributed by atoms with E-state index in [0.717, 1.165) is 29.8 Å². The first-order valence-electron chi connectivity index (χ1n) is 11.5. The van der Waals surface area contributed by atoms with Gasteiger partial charge in [-0.3, -0.25) is 4.79 Å². The molecule has 2 aromatic rings.